The average molecular weight is 487 g/mol. The summed E-state index contributed by atoms with van der Waals surface area (Å²) in [6, 6.07) is 22.6. The predicted octanol–water partition coefficient (Wildman–Crippen LogP) is 5.81. The number of carbonyl (C=O) groups excluding carboxylic acids is 1. The largest absolute Gasteiger partial charge is 0.477 e. The van der Waals surface area contributed by atoms with Crippen LogP contribution in [0.25, 0.3) is 10.4 Å². The standard InChI is InChI=1S/C28H24FN3O2S/c1-17-10-7-8-15-22(17)30-26(33)23-18(2)31(3)28-32(24(23)20-13-9-14-21(29)16-20)27(34)25(35-28)19-11-5-4-6-12-19/h4-16,24H,1-3H3,(H-,30,33,34)/p+1. The number of nitrogens with one attached hydrogen (secondary N) is 1. The van der Waals surface area contributed by atoms with E-state index in [4.69, 9.17) is 0 Å². The summed E-state index contributed by atoms with van der Waals surface area (Å²) in [4.78, 5) is 16.3. The minimum atomic E-state index is -0.713. The molecule has 35 heavy (non-hydrogen) atoms. The zero-order valence-corrected chi connectivity index (χ0v) is 20.4. The third-order valence-corrected chi connectivity index (χ3v) is 7.66. The molecule has 1 amide bonds. The molecule has 1 aromatic heterocycles. The van der Waals surface area contributed by atoms with E-state index in [0.717, 1.165) is 22.0 Å². The Morgan fingerprint density at radius 2 is 1.74 bits per heavy atom. The smallest absolute Gasteiger partial charge is 0.345 e. The number of fused-ring (bicyclic) bond motifs is 1. The maximum atomic E-state index is 14.4. The molecule has 0 fully saturated rings. The Morgan fingerprint density at radius 1 is 1.03 bits per heavy atom. The van der Waals surface area contributed by atoms with Crippen LogP contribution in [0, 0.1) is 12.7 Å². The number of amides is 1. The van der Waals surface area contributed by atoms with Crippen LogP contribution in [0.1, 0.15) is 24.1 Å². The zero-order chi connectivity index (χ0) is 24.7. The molecule has 0 radical (unpaired) electrons. The number of anilines is 2. The third-order valence-electron chi connectivity index (χ3n) is 6.38. The topological polar surface area (TPSA) is 56.5 Å². The number of aromatic hydroxyl groups is 1. The first-order valence-electron chi connectivity index (χ1n) is 11.3. The number of aromatic nitrogens is 1. The van der Waals surface area contributed by atoms with E-state index in [-0.39, 0.29) is 11.8 Å². The number of hydrogen-bond donors (Lipinski definition) is 2. The van der Waals surface area contributed by atoms with Gasteiger partial charge >= 0.3 is 11.0 Å². The molecule has 4 aromatic rings. The van der Waals surface area contributed by atoms with Gasteiger partial charge < -0.3 is 10.4 Å². The van der Waals surface area contributed by atoms with Crippen molar-refractivity contribution in [3.8, 4) is 16.3 Å². The fraction of sp³-hybridized carbons (Fsp3) is 0.143. The summed E-state index contributed by atoms with van der Waals surface area (Å²) < 4.78 is 16.1. The summed E-state index contributed by atoms with van der Waals surface area (Å²) in [7, 11) is 1.87. The Labute approximate surface area is 207 Å². The molecular formula is C28H25FN3O2S+. The van der Waals surface area contributed by atoms with Crippen molar-refractivity contribution >= 4 is 28.1 Å². The fourth-order valence-corrected chi connectivity index (χ4v) is 5.65. The number of halogens is 1. The molecule has 1 aliphatic rings. The first kappa shape index (κ1) is 22.8. The summed E-state index contributed by atoms with van der Waals surface area (Å²) in [6.45, 7) is 3.80. The van der Waals surface area contributed by atoms with Gasteiger partial charge in [0.25, 0.3) is 5.91 Å². The van der Waals surface area contributed by atoms with E-state index < -0.39 is 11.9 Å². The van der Waals surface area contributed by atoms with E-state index in [9.17, 15) is 14.3 Å². The van der Waals surface area contributed by atoms with Gasteiger partial charge in [-0.2, -0.15) is 4.57 Å². The highest BCUT2D eigenvalue weighted by molar-refractivity contribution is 7.18. The number of aryl methyl sites for hydroxylation is 1. The lowest BCUT2D eigenvalue weighted by Gasteiger charge is -2.28. The van der Waals surface area contributed by atoms with E-state index in [0.29, 0.717) is 21.7 Å². The van der Waals surface area contributed by atoms with Crippen molar-refractivity contribution in [2.24, 2.45) is 0 Å². The van der Waals surface area contributed by atoms with Crippen molar-refractivity contribution in [3.63, 3.8) is 0 Å². The molecule has 1 unspecified atom stereocenters. The summed E-state index contributed by atoms with van der Waals surface area (Å²) in [5.41, 5.74) is 4.24. The normalized spacial score (nSPS) is 15.2. The van der Waals surface area contributed by atoms with E-state index in [1.165, 1.54) is 23.5 Å². The number of thiazole rings is 1. The number of carbonyl (C=O) groups is 1. The zero-order valence-electron chi connectivity index (χ0n) is 19.6. The monoisotopic (exact) mass is 486 g/mol. The quantitative estimate of drug-likeness (QED) is 0.358. The molecule has 0 spiro atoms. The second kappa shape index (κ2) is 9.00. The number of benzene rings is 3. The van der Waals surface area contributed by atoms with Crippen LogP contribution in [0.5, 0.6) is 5.88 Å². The highest BCUT2D eigenvalue weighted by atomic mass is 32.1. The van der Waals surface area contributed by atoms with E-state index in [2.05, 4.69) is 5.32 Å². The van der Waals surface area contributed by atoms with Gasteiger partial charge in [-0.1, -0.05) is 60.7 Å². The van der Waals surface area contributed by atoms with E-state index in [1.807, 2.05) is 80.4 Å². The molecule has 0 bridgehead atoms. The second-order valence-electron chi connectivity index (χ2n) is 8.56. The third kappa shape index (κ3) is 3.98. The van der Waals surface area contributed by atoms with Crippen molar-refractivity contribution in [2.45, 2.75) is 19.9 Å². The Hall–Kier alpha value is -3.97. The molecule has 0 aliphatic carbocycles. The minimum absolute atomic E-state index is 0.0333. The van der Waals surface area contributed by atoms with Gasteiger partial charge in [-0.3, -0.25) is 4.79 Å². The number of allylic oxidation sites excluding steroid dienone is 1. The minimum Gasteiger partial charge on any atom is -0.477 e. The van der Waals surface area contributed by atoms with E-state index in [1.54, 1.807) is 16.7 Å². The lowest BCUT2D eigenvalue weighted by Crippen LogP contribution is -2.50. The maximum Gasteiger partial charge on any atom is 0.345 e. The van der Waals surface area contributed by atoms with Crippen molar-refractivity contribution in [1.82, 2.24) is 0 Å². The molecule has 3 aromatic carbocycles. The summed E-state index contributed by atoms with van der Waals surface area (Å²) in [5.74, 6) is -0.674. The van der Waals surface area contributed by atoms with Gasteiger partial charge in [0, 0.05) is 11.3 Å². The fourth-order valence-electron chi connectivity index (χ4n) is 4.46. The number of para-hydroxylation sites is 1. The van der Waals surface area contributed by atoms with Gasteiger partial charge in [0.2, 0.25) is 0 Å². The Bertz CT molecular complexity index is 1460. The van der Waals surface area contributed by atoms with Crippen LogP contribution >= 0.6 is 11.3 Å². The van der Waals surface area contributed by atoms with Gasteiger partial charge in [-0.15, -0.1) is 0 Å². The van der Waals surface area contributed by atoms with Crippen LogP contribution in [0.2, 0.25) is 0 Å². The van der Waals surface area contributed by atoms with Crippen molar-refractivity contribution in [2.75, 3.05) is 17.3 Å². The lowest BCUT2D eigenvalue weighted by atomic mass is 9.93. The molecule has 5 nitrogen and oxygen atoms in total. The van der Waals surface area contributed by atoms with Gasteiger partial charge in [0.15, 0.2) is 6.04 Å². The summed E-state index contributed by atoms with van der Waals surface area (Å²) in [5, 5.41) is 15.2. The molecule has 2 N–H and O–H groups in total. The maximum absolute atomic E-state index is 14.4. The van der Waals surface area contributed by atoms with Crippen LogP contribution in [0.4, 0.5) is 15.2 Å². The van der Waals surface area contributed by atoms with Crippen LogP contribution in [0.3, 0.4) is 0 Å². The van der Waals surface area contributed by atoms with Gasteiger partial charge in [0.05, 0.1) is 7.05 Å². The Morgan fingerprint density at radius 3 is 2.46 bits per heavy atom. The molecule has 0 saturated heterocycles. The number of nitrogens with zero attached hydrogens (tertiary/aromatic N) is 2. The number of rotatable bonds is 4. The Balaban J connectivity index is 1.70. The van der Waals surface area contributed by atoms with Crippen molar-refractivity contribution in [3.05, 3.63) is 107 Å². The first-order chi connectivity index (χ1) is 16.9. The molecule has 1 aliphatic heterocycles. The summed E-state index contributed by atoms with van der Waals surface area (Å²) in [6.07, 6.45) is 0. The molecule has 1 atom stereocenters. The highest BCUT2D eigenvalue weighted by Gasteiger charge is 2.45. The van der Waals surface area contributed by atoms with Crippen LogP contribution < -0.4 is 14.8 Å². The van der Waals surface area contributed by atoms with Crippen LogP contribution in [0.15, 0.2) is 90.1 Å². The van der Waals surface area contributed by atoms with Gasteiger partial charge in [-0.25, -0.2) is 9.29 Å². The predicted molar refractivity (Wildman–Crippen MR) is 137 cm³/mol. The van der Waals surface area contributed by atoms with Crippen LogP contribution in [-0.4, -0.2) is 18.1 Å². The molecule has 7 heteroatoms. The van der Waals surface area contributed by atoms with Crippen molar-refractivity contribution < 1.29 is 18.9 Å². The SMILES string of the molecule is CC1=C(C(=O)Nc2ccccc2C)C(c2cccc(F)c2)[n+]2c(sc(-c3ccccc3)c2O)N1C. The van der Waals surface area contributed by atoms with Crippen molar-refractivity contribution in [1.29, 1.82) is 0 Å². The lowest BCUT2D eigenvalue weighted by molar-refractivity contribution is -0.695. The molecule has 176 valence electrons. The van der Waals surface area contributed by atoms with Crippen LogP contribution in [-0.2, 0) is 4.79 Å². The molecule has 0 saturated carbocycles. The second-order valence-corrected chi connectivity index (χ2v) is 9.54. The molecule has 5 rings (SSSR count). The van der Waals surface area contributed by atoms with Gasteiger partial charge in [0.1, 0.15) is 22.0 Å². The highest BCUT2D eigenvalue weighted by Crippen LogP contribution is 2.44. The molecular weight excluding hydrogens is 461 g/mol. The van der Waals surface area contributed by atoms with E-state index >= 15 is 0 Å². The average Bonchev–Trinajstić information content (AvgIpc) is 3.20. The summed E-state index contributed by atoms with van der Waals surface area (Å²) >= 11 is 1.43. The van der Waals surface area contributed by atoms with Gasteiger partial charge in [-0.05, 0) is 54.5 Å². The number of hydrogen-bond acceptors (Lipinski definition) is 4. The Kier molecular flexibility index (Phi) is 5.86. The first-order valence-corrected chi connectivity index (χ1v) is 12.1. The molecule has 2 heterocycles.